The number of hydrogen-bond donors (Lipinski definition) is 1. The molecule has 0 heterocycles. The number of rotatable bonds is 1. The maximum Gasteiger partial charge on any atom is 0.405 e. The summed E-state index contributed by atoms with van der Waals surface area (Å²) >= 11 is 2.32. The lowest BCUT2D eigenvalue weighted by Gasteiger charge is -2.29. The van der Waals surface area contributed by atoms with Gasteiger partial charge in [-0.25, -0.2) is 4.79 Å². The monoisotopic (exact) mass is 317 g/mol. The first-order chi connectivity index (χ1) is 7.18. The number of halogens is 1. The van der Waals surface area contributed by atoms with Crippen LogP contribution in [0.15, 0.2) is 24.3 Å². The SMILES string of the molecule is NC(=O)O[C@@H]1c2ccccc2CC[C@H]1I. The van der Waals surface area contributed by atoms with Crippen LogP contribution in [0.1, 0.15) is 23.7 Å². The summed E-state index contributed by atoms with van der Waals surface area (Å²) < 4.78 is 5.47. The van der Waals surface area contributed by atoms with E-state index >= 15 is 0 Å². The number of alkyl halides is 1. The van der Waals surface area contributed by atoms with Gasteiger partial charge in [0.05, 0.1) is 3.92 Å². The second-order valence-electron chi connectivity index (χ2n) is 3.61. The number of hydrogen-bond acceptors (Lipinski definition) is 2. The van der Waals surface area contributed by atoms with Crippen LogP contribution >= 0.6 is 22.6 Å². The second kappa shape index (κ2) is 4.38. The van der Waals surface area contributed by atoms with Gasteiger partial charge in [-0.05, 0) is 24.0 Å². The van der Waals surface area contributed by atoms with E-state index in [0.717, 1.165) is 18.4 Å². The summed E-state index contributed by atoms with van der Waals surface area (Å²) in [5.41, 5.74) is 7.44. The first kappa shape index (κ1) is 10.7. The lowest BCUT2D eigenvalue weighted by atomic mass is 9.89. The summed E-state index contributed by atoms with van der Waals surface area (Å²) in [6.45, 7) is 0. The maximum absolute atomic E-state index is 10.8. The first-order valence-corrected chi connectivity index (χ1v) is 6.11. The van der Waals surface area contributed by atoms with E-state index in [1.165, 1.54) is 5.56 Å². The highest BCUT2D eigenvalue weighted by atomic mass is 127. The normalized spacial score (nSPS) is 24.3. The summed E-state index contributed by atoms with van der Waals surface area (Å²) in [4.78, 5) is 10.8. The van der Waals surface area contributed by atoms with Crippen LogP contribution in [0, 0.1) is 0 Å². The van der Waals surface area contributed by atoms with Gasteiger partial charge in [0.1, 0.15) is 6.10 Å². The fraction of sp³-hybridized carbons (Fsp3) is 0.364. The molecule has 2 rings (SSSR count). The summed E-state index contributed by atoms with van der Waals surface area (Å²) in [5, 5.41) is 0. The topological polar surface area (TPSA) is 52.3 Å². The van der Waals surface area contributed by atoms with Crippen molar-refractivity contribution in [2.75, 3.05) is 0 Å². The third kappa shape index (κ3) is 2.25. The van der Waals surface area contributed by atoms with Crippen molar-refractivity contribution < 1.29 is 9.53 Å². The van der Waals surface area contributed by atoms with Crippen molar-refractivity contribution in [1.29, 1.82) is 0 Å². The minimum Gasteiger partial charge on any atom is -0.440 e. The third-order valence-corrected chi connectivity index (χ3v) is 3.90. The first-order valence-electron chi connectivity index (χ1n) is 4.86. The van der Waals surface area contributed by atoms with E-state index in [1.54, 1.807) is 0 Å². The van der Waals surface area contributed by atoms with Gasteiger partial charge in [-0.2, -0.15) is 0 Å². The van der Waals surface area contributed by atoms with E-state index in [4.69, 9.17) is 10.5 Å². The van der Waals surface area contributed by atoms with Crippen molar-refractivity contribution >= 4 is 28.7 Å². The maximum atomic E-state index is 10.8. The molecule has 1 aliphatic rings. The quantitative estimate of drug-likeness (QED) is 0.639. The Morgan fingerprint density at radius 2 is 2.20 bits per heavy atom. The second-order valence-corrected chi connectivity index (χ2v) is 5.21. The molecule has 0 bridgehead atoms. The highest BCUT2D eigenvalue weighted by Crippen LogP contribution is 2.36. The predicted molar refractivity (Wildman–Crippen MR) is 66.0 cm³/mol. The van der Waals surface area contributed by atoms with Crippen LogP contribution in [0.2, 0.25) is 0 Å². The minimum absolute atomic E-state index is 0.187. The molecule has 15 heavy (non-hydrogen) atoms. The van der Waals surface area contributed by atoms with Crippen LogP contribution in [0.25, 0.3) is 0 Å². The summed E-state index contributed by atoms with van der Waals surface area (Å²) in [6, 6.07) is 8.06. The molecule has 0 spiro atoms. The zero-order chi connectivity index (χ0) is 10.8. The van der Waals surface area contributed by atoms with E-state index in [0.29, 0.717) is 3.92 Å². The molecule has 80 valence electrons. The van der Waals surface area contributed by atoms with Gasteiger partial charge in [-0.15, -0.1) is 0 Å². The number of ether oxygens (including phenoxy) is 1. The average molecular weight is 317 g/mol. The molecule has 0 saturated heterocycles. The number of nitrogens with two attached hydrogens (primary N) is 1. The van der Waals surface area contributed by atoms with Gasteiger partial charge in [0.2, 0.25) is 0 Å². The molecule has 2 atom stereocenters. The summed E-state index contributed by atoms with van der Waals surface area (Å²) in [7, 11) is 0. The molecule has 1 amide bonds. The molecule has 0 saturated carbocycles. The zero-order valence-electron chi connectivity index (χ0n) is 8.15. The fourth-order valence-electron chi connectivity index (χ4n) is 1.94. The van der Waals surface area contributed by atoms with Crippen LogP contribution in [0.4, 0.5) is 4.79 Å². The summed E-state index contributed by atoms with van der Waals surface area (Å²) in [6.07, 6.45) is 1.18. The minimum atomic E-state index is -0.696. The Morgan fingerprint density at radius 1 is 1.47 bits per heavy atom. The van der Waals surface area contributed by atoms with E-state index in [-0.39, 0.29) is 6.10 Å². The molecule has 2 N–H and O–H groups in total. The number of fused-ring (bicyclic) bond motifs is 1. The number of benzene rings is 1. The van der Waals surface area contributed by atoms with Gasteiger partial charge in [0.15, 0.2) is 0 Å². The number of carbonyl (C=O) groups is 1. The summed E-state index contributed by atoms with van der Waals surface area (Å²) in [5.74, 6) is 0. The number of carbonyl (C=O) groups excluding carboxylic acids is 1. The number of amides is 1. The van der Waals surface area contributed by atoms with Gasteiger partial charge in [0.25, 0.3) is 0 Å². The average Bonchev–Trinajstić information content (AvgIpc) is 2.22. The van der Waals surface area contributed by atoms with Gasteiger partial charge >= 0.3 is 6.09 Å². The van der Waals surface area contributed by atoms with E-state index < -0.39 is 6.09 Å². The molecule has 1 aliphatic carbocycles. The molecule has 0 aromatic heterocycles. The van der Waals surface area contributed by atoms with Crippen molar-refractivity contribution in [3.63, 3.8) is 0 Å². The van der Waals surface area contributed by atoms with E-state index in [2.05, 4.69) is 28.7 Å². The highest BCUT2D eigenvalue weighted by Gasteiger charge is 2.29. The molecule has 1 aromatic rings. The number of aryl methyl sites for hydroxylation is 1. The van der Waals surface area contributed by atoms with Crippen LogP contribution in [0.3, 0.4) is 0 Å². The van der Waals surface area contributed by atoms with Gasteiger partial charge in [0, 0.05) is 0 Å². The highest BCUT2D eigenvalue weighted by molar-refractivity contribution is 14.1. The van der Waals surface area contributed by atoms with Gasteiger partial charge in [-0.3, -0.25) is 0 Å². The smallest absolute Gasteiger partial charge is 0.405 e. The van der Waals surface area contributed by atoms with Crippen LogP contribution in [0.5, 0.6) is 0 Å². The molecule has 4 heteroatoms. The predicted octanol–water partition coefficient (Wildman–Crippen LogP) is 2.57. The van der Waals surface area contributed by atoms with Crippen molar-refractivity contribution in [3.8, 4) is 0 Å². The third-order valence-electron chi connectivity index (χ3n) is 2.62. The molecular weight excluding hydrogens is 305 g/mol. The van der Waals surface area contributed by atoms with Crippen molar-refractivity contribution in [2.24, 2.45) is 5.73 Å². The Labute approximate surface area is 102 Å². The largest absolute Gasteiger partial charge is 0.440 e. The zero-order valence-corrected chi connectivity index (χ0v) is 10.3. The lowest BCUT2D eigenvalue weighted by molar-refractivity contribution is 0.102. The van der Waals surface area contributed by atoms with E-state index in [1.807, 2.05) is 18.2 Å². The fourth-order valence-corrected chi connectivity index (χ4v) is 2.79. The molecular formula is C11H12INO2. The Morgan fingerprint density at radius 3 is 2.93 bits per heavy atom. The Kier molecular flexibility index (Phi) is 3.14. The Bertz CT molecular complexity index is 381. The van der Waals surface area contributed by atoms with Crippen LogP contribution < -0.4 is 5.73 Å². The van der Waals surface area contributed by atoms with Crippen molar-refractivity contribution in [1.82, 2.24) is 0 Å². The van der Waals surface area contributed by atoms with E-state index in [9.17, 15) is 4.79 Å². The van der Waals surface area contributed by atoms with Crippen molar-refractivity contribution in [2.45, 2.75) is 22.9 Å². The van der Waals surface area contributed by atoms with Gasteiger partial charge in [-0.1, -0.05) is 46.9 Å². The molecule has 0 aliphatic heterocycles. The Balaban J connectivity index is 2.32. The lowest BCUT2D eigenvalue weighted by Crippen LogP contribution is -2.27. The van der Waals surface area contributed by atoms with Crippen molar-refractivity contribution in [3.05, 3.63) is 35.4 Å². The number of primary amides is 1. The van der Waals surface area contributed by atoms with Crippen LogP contribution in [-0.2, 0) is 11.2 Å². The standard InChI is InChI=1S/C11H12INO2/c12-9-6-5-7-3-1-2-4-8(7)10(9)15-11(13)14/h1-4,9-10H,5-6H2,(H2,13,14)/t9-,10-/m1/s1. The molecule has 0 radical (unpaired) electrons. The van der Waals surface area contributed by atoms with Crippen LogP contribution in [-0.4, -0.2) is 10.0 Å². The van der Waals surface area contributed by atoms with Gasteiger partial charge < -0.3 is 10.5 Å². The molecule has 0 fully saturated rings. The molecule has 3 nitrogen and oxygen atoms in total. The molecule has 0 unspecified atom stereocenters. The Hall–Kier alpha value is -0.780. The molecule has 1 aromatic carbocycles.